The minimum absolute atomic E-state index is 1.12. The molecule has 1 heterocycles. The Morgan fingerprint density at radius 2 is 2.06 bits per heavy atom. The number of benzene rings is 2. The number of nitrogens with zero attached hydrogens (tertiary/aromatic N) is 1. The van der Waals surface area contributed by atoms with Crippen LogP contribution >= 0.6 is 0 Å². The highest BCUT2D eigenvalue weighted by molar-refractivity contribution is 5.92. The van der Waals surface area contributed by atoms with E-state index in [2.05, 4.69) is 49.2 Å². The van der Waals surface area contributed by atoms with Crippen LogP contribution in [0.25, 0.3) is 10.8 Å². The minimum atomic E-state index is 1.12. The van der Waals surface area contributed by atoms with Crippen molar-refractivity contribution in [2.45, 2.75) is 26.2 Å². The maximum atomic E-state index is 2.43. The van der Waals surface area contributed by atoms with Gasteiger partial charge in [-0.1, -0.05) is 31.2 Å². The van der Waals surface area contributed by atoms with Crippen LogP contribution in [0.3, 0.4) is 0 Å². The molecule has 0 unspecified atom stereocenters. The van der Waals surface area contributed by atoms with Crippen molar-refractivity contribution in [2.24, 2.45) is 0 Å². The predicted octanol–water partition coefficient (Wildman–Crippen LogP) is 3.78. The fraction of sp³-hybridized carbons (Fsp3) is 0.375. The molecular formula is C16H19N. The Morgan fingerprint density at radius 1 is 1.24 bits per heavy atom. The Morgan fingerprint density at radius 3 is 2.88 bits per heavy atom. The first kappa shape index (κ1) is 10.6. The molecule has 2 aromatic rings. The average molecular weight is 225 g/mol. The smallest absolute Gasteiger partial charge is 0.0435 e. The van der Waals surface area contributed by atoms with Crippen LogP contribution in [-0.2, 0) is 12.8 Å². The van der Waals surface area contributed by atoms with E-state index in [1.807, 2.05) is 0 Å². The van der Waals surface area contributed by atoms with Gasteiger partial charge in [-0.2, -0.15) is 0 Å². The van der Waals surface area contributed by atoms with Crippen LogP contribution in [-0.4, -0.2) is 13.6 Å². The van der Waals surface area contributed by atoms with Gasteiger partial charge in [0.25, 0.3) is 0 Å². The molecule has 88 valence electrons. The first-order valence-corrected chi connectivity index (χ1v) is 6.56. The molecule has 0 radical (unpaired) electrons. The summed E-state index contributed by atoms with van der Waals surface area (Å²) in [5, 5.41) is 2.83. The molecule has 1 nitrogen and oxygen atoms in total. The molecule has 0 atom stereocenters. The van der Waals surface area contributed by atoms with E-state index >= 15 is 0 Å². The van der Waals surface area contributed by atoms with Gasteiger partial charge in [-0.15, -0.1) is 0 Å². The van der Waals surface area contributed by atoms with E-state index in [0.717, 1.165) is 6.42 Å². The maximum Gasteiger partial charge on any atom is 0.0435 e. The molecule has 0 bridgehead atoms. The predicted molar refractivity (Wildman–Crippen MR) is 74.9 cm³/mol. The Kier molecular flexibility index (Phi) is 2.54. The molecule has 0 amide bonds. The lowest BCUT2D eigenvalue weighted by Gasteiger charge is -2.31. The van der Waals surface area contributed by atoms with E-state index in [1.54, 1.807) is 0 Å². The summed E-state index contributed by atoms with van der Waals surface area (Å²) in [6, 6.07) is 11.2. The number of rotatable bonds is 1. The van der Waals surface area contributed by atoms with Gasteiger partial charge in [-0.3, -0.25) is 0 Å². The largest absolute Gasteiger partial charge is 0.374 e. The highest BCUT2D eigenvalue weighted by Crippen LogP contribution is 2.36. The molecule has 0 spiro atoms. The topological polar surface area (TPSA) is 3.24 Å². The summed E-state index contributed by atoms with van der Waals surface area (Å²) in [5.74, 6) is 0. The lowest BCUT2D eigenvalue weighted by atomic mass is 9.91. The molecular weight excluding hydrogens is 206 g/mol. The lowest BCUT2D eigenvalue weighted by Crippen LogP contribution is -2.26. The molecule has 0 aliphatic carbocycles. The third-order valence-corrected chi connectivity index (χ3v) is 3.88. The van der Waals surface area contributed by atoms with Gasteiger partial charge in [0.1, 0.15) is 0 Å². The van der Waals surface area contributed by atoms with Crippen LogP contribution < -0.4 is 4.90 Å². The SMILES string of the molecule is CCc1c2c(cc3ccccc13)CCCN2C. The number of hydrogen-bond acceptors (Lipinski definition) is 1. The Bertz CT molecular complexity index is 557. The first-order chi connectivity index (χ1) is 8.31. The van der Waals surface area contributed by atoms with Gasteiger partial charge in [-0.05, 0) is 47.2 Å². The molecule has 0 saturated heterocycles. The van der Waals surface area contributed by atoms with Crippen molar-refractivity contribution in [1.29, 1.82) is 0 Å². The van der Waals surface area contributed by atoms with E-state index in [4.69, 9.17) is 0 Å². The molecule has 0 N–H and O–H groups in total. The van der Waals surface area contributed by atoms with E-state index in [1.165, 1.54) is 47.0 Å². The van der Waals surface area contributed by atoms with Crippen molar-refractivity contribution in [3.63, 3.8) is 0 Å². The fourth-order valence-electron chi connectivity index (χ4n) is 3.12. The van der Waals surface area contributed by atoms with Gasteiger partial charge in [0.15, 0.2) is 0 Å². The molecule has 3 rings (SSSR count). The Labute approximate surface area is 103 Å². The van der Waals surface area contributed by atoms with Crippen LogP contribution in [0, 0.1) is 0 Å². The zero-order chi connectivity index (χ0) is 11.8. The molecule has 17 heavy (non-hydrogen) atoms. The van der Waals surface area contributed by atoms with Crippen molar-refractivity contribution in [1.82, 2.24) is 0 Å². The number of fused-ring (bicyclic) bond motifs is 2. The van der Waals surface area contributed by atoms with Gasteiger partial charge >= 0.3 is 0 Å². The van der Waals surface area contributed by atoms with E-state index in [9.17, 15) is 0 Å². The Balaban J connectivity index is 2.36. The van der Waals surface area contributed by atoms with Crippen molar-refractivity contribution in [3.05, 3.63) is 41.5 Å². The summed E-state index contributed by atoms with van der Waals surface area (Å²) >= 11 is 0. The fourth-order valence-corrected chi connectivity index (χ4v) is 3.12. The number of hydrogen-bond donors (Lipinski definition) is 0. The van der Waals surface area contributed by atoms with Crippen molar-refractivity contribution >= 4 is 16.5 Å². The second-order valence-corrected chi connectivity index (χ2v) is 4.96. The Hall–Kier alpha value is -1.50. The quantitative estimate of drug-likeness (QED) is 0.714. The van der Waals surface area contributed by atoms with Gasteiger partial charge in [0, 0.05) is 19.3 Å². The highest BCUT2D eigenvalue weighted by atomic mass is 15.1. The maximum absolute atomic E-state index is 2.43. The number of anilines is 1. The second-order valence-electron chi connectivity index (χ2n) is 4.96. The summed E-state index contributed by atoms with van der Waals surface area (Å²) in [6.45, 7) is 3.46. The van der Waals surface area contributed by atoms with Crippen LogP contribution in [0.2, 0.25) is 0 Å². The van der Waals surface area contributed by atoms with Gasteiger partial charge in [0.05, 0.1) is 0 Å². The molecule has 0 fully saturated rings. The third kappa shape index (κ3) is 1.61. The van der Waals surface area contributed by atoms with E-state index in [-0.39, 0.29) is 0 Å². The summed E-state index contributed by atoms with van der Waals surface area (Å²) in [5.41, 5.74) is 4.56. The molecule has 1 heteroatoms. The van der Waals surface area contributed by atoms with E-state index in [0.29, 0.717) is 0 Å². The van der Waals surface area contributed by atoms with E-state index < -0.39 is 0 Å². The molecule has 1 aliphatic heterocycles. The van der Waals surface area contributed by atoms with Crippen LogP contribution in [0.15, 0.2) is 30.3 Å². The molecule has 0 saturated carbocycles. The number of aryl methyl sites for hydroxylation is 2. The monoisotopic (exact) mass is 225 g/mol. The molecule has 0 aromatic heterocycles. The normalized spacial score (nSPS) is 15.1. The highest BCUT2D eigenvalue weighted by Gasteiger charge is 2.18. The zero-order valence-electron chi connectivity index (χ0n) is 10.7. The first-order valence-electron chi connectivity index (χ1n) is 6.56. The summed E-state index contributed by atoms with van der Waals surface area (Å²) in [4.78, 5) is 2.43. The summed E-state index contributed by atoms with van der Waals surface area (Å²) in [7, 11) is 2.23. The lowest BCUT2D eigenvalue weighted by molar-refractivity contribution is 0.741. The van der Waals surface area contributed by atoms with Gasteiger partial charge in [0.2, 0.25) is 0 Å². The van der Waals surface area contributed by atoms with Crippen LogP contribution in [0.5, 0.6) is 0 Å². The minimum Gasteiger partial charge on any atom is -0.374 e. The molecule has 1 aliphatic rings. The molecule has 2 aromatic carbocycles. The van der Waals surface area contributed by atoms with Crippen molar-refractivity contribution in [3.8, 4) is 0 Å². The second kappa shape index (κ2) is 4.06. The van der Waals surface area contributed by atoms with Gasteiger partial charge in [-0.25, -0.2) is 0 Å². The average Bonchev–Trinajstić information content (AvgIpc) is 2.36. The summed E-state index contributed by atoms with van der Waals surface area (Å²) in [6.07, 6.45) is 3.64. The zero-order valence-corrected chi connectivity index (χ0v) is 10.7. The van der Waals surface area contributed by atoms with Crippen LogP contribution in [0.4, 0.5) is 5.69 Å². The van der Waals surface area contributed by atoms with Gasteiger partial charge < -0.3 is 4.90 Å². The summed E-state index contributed by atoms with van der Waals surface area (Å²) < 4.78 is 0. The van der Waals surface area contributed by atoms with Crippen LogP contribution in [0.1, 0.15) is 24.5 Å². The van der Waals surface area contributed by atoms with Crippen molar-refractivity contribution < 1.29 is 0 Å². The third-order valence-electron chi connectivity index (χ3n) is 3.88. The standard InChI is InChI=1S/C16H19N/c1-3-14-15-9-5-4-7-12(15)11-13-8-6-10-17(2)16(13)14/h4-5,7,9,11H,3,6,8,10H2,1-2H3. The van der Waals surface area contributed by atoms with Crippen molar-refractivity contribution in [2.75, 3.05) is 18.5 Å².